The minimum Gasteiger partial charge on any atom is -0.478 e. The number of aromatic nitrogens is 2. The van der Waals surface area contributed by atoms with Gasteiger partial charge in [0.05, 0.1) is 11.1 Å². The summed E-state index contributed by atoms with van der Waals surface area (Å²) >= 11 is 1.92. The molecule has 1 saturated carbocycles. The van der Waals surface area contributed by atoms with Crippen molar-refractivity contribution in [3.8, 4) is 0 Å². The quantitative estimate of drug-likeness (QED) is 0.938. The summed E-state index contributed by atoms with van der Waals surface area (Å²) in [4.78, 5) is 15.8. The normalized spacial score (nSPS) is 17.1. The van der Waals surface area contributed by atoms with Gasteiger partial charge in [0.2, 0.25) is 0 Å². The summed E-state index contributed by atoms with van der Waals surface area (Å²) in [6.45, 7) is 2.87. The number of thioether (sulfide) groups is 1. The summed E-state index contributed by atoms with van der Waals surface area (Å²) in [5, 5.41) is 9.27. The van der Waals surface area contributed by atoms with E-state index < -0.39 is 5.97 Å². The highest BCUT2D eigenvalue weighted by Crippen LogP contribution is 2.44. The fourth-order valence-electron chi connectivity index (χ4n) is 2.92. The van der Waals surface area contributed by atoms with Crippen molar-refractivity contribution in [2.45, 2.75) is 37.5 Å². The molecule has 2 aromatic rings. The first-order valence-electron chi connectivity index (χ1n) is 6.81. The van der Waals surface area contributed by atoms with Crippen LogP contribution in [0.1, 0.15) is 35.4 Å². The van der Waals surface area contributed by atoms with Gasteiger partial charge in [0.25, 0.3) is 0 Å². The Morgan fingerprint density at radius 3 is 2.80 bits per heavy atom. The summed E-state index contributed by atoms with van der Waals surface area (Å²) in [6, 6.07) is 5.39. The van der Waals surface area contributed by atoms with Crippen LogP contribution in [0.15, 0.2) is 18.2 Å². The molecule has 0 radical (unpaired) electrons. The molecule has 1 aliphatic carbocycles. The summed E-state index contributed by atoms with van der Waals surface area (Å²) in [5.41, 5.74) is 1.83. The number of benzene rings is 1. The van der Waals surface area contributed by atoms with E-state index in [9.17, 15) is 9.90 Å². The van der Waals surface area contributed by atoms with Crippen molar-refractivity contribution in [3.05, 3.63) is 29.6 Å². The summed E-state index contributed by atoms with van der Waals surface area (Å²) < 4.78 is 2.48. The Hall–Kier alpha value is -1.49. The zero-order valence-electron chi connectivity index (χ0n) is 11.7. The second-order valence-electron chi connectivity index (χ2n) is 5.46. The predicted molar refractivity (Wildman–Crippen MR) is 81.5 cm³/mol. The molecule has 0 atom stereocenters. The van der Waals surface area contributed by atoms with Crippen molar-refractivity contribution in [1.82, 2.24) is 9.55 Å². The molecule has 0 aliphatic heterocycles. The fourth-order valence-corrected chi connectivity index (χ4v) is 3.88. The van der Waals surface area contributed by atoms with E-state index in [1.165, 1.54) is 19.3 Å². The minimum absolute atomic E-state index is 0.288. The average molecular weight is 290 g/mol. The molecule has 1 heterocycles. The van der Waals surface area contributed by atoms with Crippen LogP contribution in [0, 0.1) is 6.92 Å². The molecule has 4 nitrogen and oxygen atoms in total. The second kappa shape index (κ2) is 4.81. The SMILES string of the molecule is CSC1(Cn2c(C)nc3c(C(=O)O)cccc32)CCC1. The van der Waals surface area contributed by atoms with E-state index in [1.54, 1.807) is 12.1 Å². The van der Waals surface area contributed by atoms with Crippen LogP contribution in [-0.4, -0.2) is 31.6 Å². The smallest absolute Gasteiger partial charge is 0.337 e. The lowest BCUT2D eigenvalue weighted by Gasteiger charge is -2.41. The Morgan fingerprint density at radius 1 is 1.50 bits per heavy atom. The Labute approximate surface area is 122 Å². The topological polar surface area (TPSA) is 55.1 Å². The van der Waals surface area contributed by atoms with Gasteiger partial charge >= 0.3 is 5.97 Å². The lowest BCUT2D eigenvalue weighted by molar-refractivity contribution is 0.0699. The maximum atomic E-state index is 11.3. The van der Waals surface area contributed by atoms with Gasteiger partial charge < -0.3 is 9.67 Å². The summed E-state index contributed by atoms with van der Waals surface area (Å²) in [5.74, 6) is -0.0162. The number of carboxylic acids is 1. The van der Waals surface area contributed by atoms with Gasteiger partial charge in [-0.25, -0.2) is 9.78 Å². The fraction of sp³-hybridized carbons (Fsp3) is 0.467. The molecule has 3 rings (SSSR count). The van der Waals surface area contributed by atoms with Crippen LogP contribution in [-0.2, 0) is 6.54 Å². The van der Waals surface area contributed by atoms with Crippen LogP contribution < -0.4 is 0 Å². The molecule has 1 aromatic carbocycles. The lowest BCUT2D eigenvalue weighted by atomic mass is 9.84. The molecule has 0 saturated heterocycles. The monoisotopic (exact) mass is 290 g/mol. The number of carboxylic acid groups (broad SMARTS) is 1. The standard InChI is InChI=1S/C15H18N2O2S/c1-10-16-13-11(14(18)19)5-3-6-12(13)17(10)9-15(20-2)7-4-8-15/h3,5-6H,4,7-9H2,1-2H3,(H,18,19). The molecular weight excluding hydrogens is 272 g/mol. The number of fused-ring (bicyclic) bond motifs is 1. The Balaban J connectivity index is 2.09. The Bertz CT molecular complexity index is 668. The first kappa shape index (κ1) is 13.5. The van der Waals surface area contributed by atoms with Gasteiger partial charge in [-0.15, -0.1) is 0 Å². The number of para-hydroxylation sites is 1. The zero-order valence-corrected chi connectivity index (χ0v) is 12.5. The highest BCUT2D eigenvalue weighted by Gasteiger charge is 2.37. The van der Waals surface area contributed by atoms with E-state index in [0.29, 0.717) is 10.3 Å². The van der Waals surface area contributed by atoms with E-state index in [-0.39, 0.29) is 5.56 Å². The van der Waals surface area contributed by atoms with Gasteiger partial charge in [0.15, 0.2) is 0 Å². The Morgan fingerprint density at radius 2 is 2.25 bits per heavy atom. The maximum absolute atomic E-state index is 11.3. The first-order chi connectivity index (χ1) is 9.56. The third-order valence-electron chi connectivity index (χ3n) is 4.34. The number of hydrogen-bond donors (Lipinski definition) is 1. The van der Waals surface area contributed by atoms with Crippen LogP contribution in [0.3, 0.4) is 0 Å². The third-order valence-corrected chi connectivity index (χ3v) is 5.75. The van der Waals surface area contributed by atoms with Crippen molar-refractivity contribution in [2.24, 2.45) is 0 Å². The van der Waals surface area contributed by atoms with Crippen molar-refractivity contribution >= 4 is 28.8 Å². The molecule has 1 N–H and O–H groups in total. The molecule has 0 amide bonds. The molecule has 0 spiro atoms. The number of aryl methyl sites for hydroxylation is 1. The van der Waals surface area contributed by atoms with Gasteiger partial charge in [0, 0.05) is 11.3 Å². The lowest BCUT2D eigenvalue weighted by Crippen LogP contribution is -2.38. The van der Waals surface area contributed by atoms with E-state index in [4.69, 9.17) is 0 Å². The van der Waals surface area contributed by atoms with Gasteiger partial charge in [-0.3, -0.25) is 0 Å². The largest absolute Gasteiger partial charge is 0.478 e. The highest BCUT2D eigenvalue weighted by molar-refractivity contribution is 8.00. The first-order valence-corrected chi connectivity index (χ1v) is 8.03. The predicted octanol–water partition coefficient (Wildman–Crippen LogP) is 3.33. The molecule has 20 heavy (non-hydrogen) atoms. The van der Waals surface area contributed by atoms with Crippen LogP contribution in [0.4, 0.5) is 0 Å². The van der Waals surface area contributed by atoms with Crippen molar-refractivity contribution in [2.75, 3.05) is 6.26 Å². The van der Waals surface area contributed by atoms with Crippen molar-refractivity contribution in [1.29, 1.82) is 0 Å². The molecule has 1 aliphatic rings. The van der Waals surface area contributed by atoms with E-state index in [2.05, 4.69) is 15.8 Å². The maximum Gasteiger partial charge on any atom is 0.337 e. The number of hydrogen-bond acceptors (Lipinski definition) is 3. The van der Waals surface area contributed by atoms with Crippen LogP contribution in [0.2, 0.25) is 0 Å². The van der Waals surface area contributed by atoms with Gasteiger partial charge in [-0.05, 0) is 38.2 Å². The number of imidazole rings is 1. The van der Waals surface area contributed by atoms with E-state index in [1.807, 2.05) is 24.8 Å². The van der Waals surface area contributed by atoms with Crippen LogP contribution in [0.5, 0.6) is 0 Å². The zero-order chi connectivity index (χ0) is 14.3. The number of nitrogens with zero attached hydrogens (tertiary/aromatic N) is 2. The Kier molecular flexibility index (Phi) is 3.24. The molecule has 5 heteroatoms. The summed E-state index contributed by atoms with van der Waals surface area (Å²) in [6.07, 6.45) is 5.90. The van der Waals surface area contributed by atoms with E-state index >= 15 is 0 Å². The molecule has 106 valence electrons. The number of rotatable bonds is 4. The van der Waals surface area contributed by atoms with Crippen LogP contribution in [0.25, 0.3) is 11.0 Å². The van der Waals surface area contributed by atoms with Gasteiger partial charge in [-0.2, -0.15) is 11.8 Å². The second-order valence-corrected chi connectivity index (χ2v) is 6.74. The average Bonchev–Trinajstić information content (AvgIpc) is 2.69. The molecule has 0 bridgehead atoms. The highest BCUT2D eigenvalue weighted by atomic mass is 32.2. The van der Waals surface area contributed by atoms with Gasteiger partial charge in [-0.1, -0.05) is 12.5 Å². The van der Waals surface area contributed by atoms with E-state index in [0.717, 1.165) is 17.9 Å². The molecule has 1 fully saturated rings. The number of carbonyl (C=O) groups is 1. The molecular formula is C15H18N2O2S. The third kappa shape index (κ3) is 2.00. The molecule has 1 aromatic heterocycles. The van der Waals surface area contributed by atoms with Crippen molar-refractivity contribution < 1.29 is 9.90 Å². The number of aromatic carboxylic acids is 1. The van der Waals surface area contributed by atoms with Gasteiger partial charge in [0.1, 0.15) is 11.3 Å². The van der Waals surface area contributed by atoms with Crippen molar-refractivity contribution in [3.63, 3.8) is 0 Å². The molecule has 0 unspecified atom stereocenters. The minimum atomic E-state index is -0.913. The van der Waals surface area contributed by atoms with Crippen LogP contribution >= 0.6 is 11.8 Å². The summed E-state index contributed by atoms with van der Waals surface area (Å²) in [7, 11) is 0.